The van der Waals surface area contributed by atoms with E-state index in [0.29, 0.717) is 12.5 Å². The van der Waals surface area contributed by atoms with E-state index in [1.165, 1.54) is 19.1 Å². The lowest BCUT2D eigenvalue weighted by Crippen LogP contribution is -2.08. The first kappa shape index (κ1) is 13.2. The lowest BCUT2D eigenvalue weighted by atomic mass is 10.0. The predicted octanol–water partition coefficient (Wildman–Crippen LogP) is 2.43. The van der Waals surface area contributed by atoms with Gasteiger partial charge < -0.3 is 15.5 Å². The van der Waals surface area contributed by atoms with Crippen LogP contribution in [0, 0.1) is 5.41 Å². The number of aldehydes is 1. The molecule has 4 heteroatoms. The highest BCUT2D eigenvalue weighted by Gasteiger charge is 2.19. The predicted molar refractivity (Wildman–Crippen MR) is 76.9 cm³/mol. The van der Waals surface area contributed by atoms with Crippen LogP contribution in [0.2, 0.25) is 0 Å². The number of rotatable bonds is 7. The van der Waals surface area contributed by atoms with Crippen molar-refractivity contribution in [1.82, 2.24) is 10.3 Å². The molecule has 98 valence electrons. The van der Waals surface area contributed by atoms with Crippen molar-refractivity contribution in [3.63, 3.8) is 0 Å². The SMILES string of the molecule is N=C/C(=C\NC1CC1)c1ccncc1/C=C/CC=O. The number of carbonyl (C=O) groups is 1. The van der Waals surface area contributed by atoms with Gasteiger partial charge in [0.1, 0.15) is 6.29 Å². The zero-order valence-electron chi connectivity index (χ0n) is 10.7. The largest absolute Gasteiger partial charge is 0.388 e. The molecule has 0 radical (unpaired) electrons. The summed E-state index contributed by atoms with van der Waals surface area (Å²) in [6.45, 7) is 0. The van der Waals surface area contributed by atoms with Gasteiger partial charge in [0, 0.05) is 48.4 Å². The maximum atomic E-state index is 10.3. The molecule has 0 unspecified atom stereocenters. The minimum Gasteiger partial charge on any atom is -0.388 e. The second kappa shape index (κ2) is 6.64. The first-order chi connectivity index (χ1) is 9.35. The van der Waals surface area contributed by atoms with Gasteiger partial charge in [-0.3, -0.25) is 4.98 Å². The Morgan fingerprint density at radius 2 is 2.37 bits per heavy atom. The summed E-state index contributed by atoms with van der Waals surface area (Å²) < 4.78 is 0. The van der Waals surface area contributed by atoms with Gasteiger partial charge in [0.25, 0.3) is 0 Å². The fourth-order valence-electron chi connectivity index (χ4n) is 1.71. The van der Waals surface area contributed by atoms with Gasteiger partial charge in [0.2, 0.25) is 0 Å². The van der Waals surface area contributed by atoms with Crippen LogP contribution in [-0.4, -0.2) is 23.5 Å². The van der Waals surface area contributed by atoms with Crippen LogP contribution >= 0.6 is 0 Å². The standard InChI is InChI=1S/C15H17N3O/c16-9-13(11-18-14-4-5-14)15-6-7-17-10-12(15)3-1-2-8-19/h1,3,6-11,14,16,18H,2,4-5H2/b3-1+,13-11+,16-9?. The molecule has 4 nitrogen and oxygen atoms in total. The highest BCUT2D eigenvalue weighted by atomic mass is 16.1. The van der Waals surface area contributed by atoms with Crippen molar-refractivity contribution in [3.8, 4) is 0 Å². The molecule has 0 amide bonds. The third kappa shape index (κ3) is 3.88. The van der Waals surface area contributed by atoms with E-state index in [1.54, 1.807) is 18.5 Å². The first-order valence-electron chi connectivity index (χ1n) is 6.36. The zero-order valence-corrected chi connectivity index (χ0v) is 10.7. The van der Waals surface area contributed by atoms with E-state index in [1.807, 2.05) is 18.3 Å². The van der Waals surface area contributed by atoms with Gasteiger partial charge >= 0.3 is 0 Å². The fourth-order valence-corrected chi connectivity index (χ4v) is 1.71. The normalized spacial score (nSPS) is 15.5. The monoisotopic (exact) mass is 255 g/mol. The summed E-state index contributed by atoms with van der Waals surface area (Å²) in [5, 5.41) is 10.8. The Balaban J connectivity index is 2.22. The number of allylic oxidation sites excluding steroid dienone is 2. The van der Waals surface area contributed by atoms with E-state index in [2.05, 4.69) is 10.3 Å². The average molecular weight is 255 g/mol. The fraction of sp³-hybridized carbons (Fsp3) is 0.267. The summed E-state index contributed by atoms with van der Waals surface area (Å²) in [4.78, 5) is 14.4. The van der Waals surface area contributed by atoms with E-state index in [4.69, 9.17) is 5.41 Å². The van der Waals surface area contributed by atoms with E-state index in [0.717, 1.165) is 23.0 Å². The number of hydrogen-bond acceptors (Lipinski definition) is 4. The Hall–Kier alpha value is -2.23. The third-order valence-corrected chi connectivity index (χ3v) is 2.90. The Labute approximate surface area is 112 Å². The summed E-state index contributed by atoms with van der Waals surface area (Å²) in [7, 11) is 0. The molecule has 2 N–H and O–H groups in total. The molecule has 0 atom stereocenters. The van der Waals surface area contributed by atoms with Crippen LogP contribution in [0.1, 0.15) is 30.4 Å². The molecule has 0 bridgehead atoms. The molecular formula is C15H17N3O. The van der Waals surface area contributed by atoms with Crippen molar-refractivity contribution in [2.45, 2.75) is 25.3 Å². The van der Waals surface area contributed by atoms with E-state index >= 15 is 0 Å². The summed E-state index contributed by atoms with van der Waals surface area (Å²) in [5.41, 5.74) is 2.68. The van der Waals surface area contributed by atoms with Crippen LogP contribution < -0.4 is 5.32 Å². The van der Waals surface area contributed by atoms with Crippen molar-refractivity contribution < 1.29 is 4.79 Å². The summed E-state index contributed by atoms with van der Waals surface area (Å²) >= 11 is 0. The molecule has 1 heterocycles. The van der Waals surface area contributed by atoms with Gasteiger partial charge in [-0.1, -0.05) is 12.2 Å². The van der Waals surface area contributed by atoms with Crippen LogP contribution in [0.15, 0.2) is 30.7 Å². The van der Waals surface area contributed by atoms with Crippen LogP contribution in [0.25, 0.3) is 11.6 Å². The van der Waals surface area contributed by atoms with Crippen molar-refractivity contribution in [2.24, 2.45) is 0 Å². The second-order valence-electron chi connectivity index (χ2n) is 4.45. The maximum Gasteiger partial charge on any atom is 0.123 e. The number of hydrogen-bond donors (Lipinski definition) is 2. The van der Waals surface area contributed by atoms with Crippen molar-refractivity contribution in [3.05, 3.63) is 41.9 Å². The Kier molecular flexibility index (Phi) is 4.61. The Morgan fingerprint density at radius 3 is 3.05 bits per heavy atom. The van der Waals surface area contributed by atoms with Gasteiger partial charge in [0.15, 0.2) is 0 Å². The lowest BCUT2D eigenvalue weighted by molar-refractivity contribution is -0.107. The third-order valence-electron chi connectivity index (χ3n) is 2.90. The van der Waals surface area contributed by atoms with Crippen molar-refractivity contribution in [2.75, 3.05) is 0 Å². The molecule has 1 saturated carbocycles. The molecule has 2 rings (SSSR count). The summed E-state index contributed by atoms with van der Waals surface area (Å²) in [6, 6.07) is 2.44. The second-order valence-corrected chi connectivity index (χ2v) is 4.45. The molecule has 1 aliphatic carbocycles. The van der Waals surface area contributed by atoms with Crippen LogP contribution in [-0.2, 0) is 4.79 Å². The molecule has 1 aliphatic rings. The minimum atomic E-state index is 0.387. The van der Waals surface area contributed by atoms with Gasteiger partial charge in [-0.2, -0.15) is 0 Å². The molecule has 0 spiro atoms. The van der Waals surface area contributed by atoms with Crippen LogP contribution in [0.3, 0.4) is 0 Å². The van der Waals surface area contributed by atoms with Crippen molar-refractivity contribution in [1.29, 1.82) is 5.41 Å². The smallest absolute Gasteiger partial charge is 0.123 e. The Bertz CT molecular complexity index is 516. The highest BCUT2D eigenvalue weighted by Crippen LogP contribution is 2.21. The molecule has 1 aromatic heterocycles. The molecule has 0 aromatic carbocycles. The quantitative estimate of drug-likeness (QED) is 0.581. The number of carbonyl (C=O) groups excluding carboxylic acids is 1. The number of aromatic nitrogens is 1. The number of nitrogens with zero attached hydrogens (tertiary/aromatic N) is 1. The van der Waals surface area contributed by atoms with E-state index in [-0.39, 0.29) is 0 Å². The topological polar surface area (TPSA) is 65.8 Å². The van der Waals surface area contributed by atoms with Gasteiger partial charge in [-0.05, 0) is 24.5 Å². The molecule has 0 aliphatic heterocycles. The number of nitrogens with one attached hydrogen (secondary N) is 2. The highest BCUT2D eigenvalue weighted by molar-refractivity contribution is 6.09. The molecular weight excluding hydrogens is 238 g/mol. The molecule has 0 saturated heterocycles. The van der Waals surface area contributed by atoms with Crippen molar-refractivity contribution >= 4 is 24.1 Å². The zero-order chi connectivity index (χ0) is 13.5. The van der Waals surface area contributed by atoms with Gasteiger partial charge in [-0.25, -0.2) is 0 Å². The minimum absolute atomic E-state index is 0.387. The van der Waals surface area contributed by atoms with Gasteiger partial charge in [-0.15, -0.1) is 0 Å². The molecule has 19 heavy (non-hydrogen) atoms. The van der Waals surface area contributed by atoms with E-state index < -0.39 is 0 Å². The van der Waals surface area contributed by atoms with Crippen LogP contribution in [0.4, 0.5) is 0 Å². The lowest BCUT2D eigenvalue weighted by Gasteiger charge is -2.07. The van der Waals surface area contributed by atoms with Gasteiger partial charge in [0.05, 0.1) is 0 Å². The van der Waals surface area contributed by atoms with Crippen LogP contribution in [0.5, 0.6) is 0 Å². The average Bonchev–Trinajstić information content (AvgIpc) is 3.25. The number of pyridine rings is 1. The molecule has 1 aromatic rings. The first-order valence-corrected chi connectivity index (χ1v) is 6.36. The molecule has 1 fully saturated rings. The van der Waals surface area contributed by atoms with E-state index in [9.17, 15) is 4.79 Å². The Morgan fingerprint density at radius 1 is 1.53 bits per heavy atom. The summed E-state index contributed by atoms with van der Waals surface area (Å²) in [5.74, 6) is 0. The summed E-state index contributed by atoms with van der Waals surface area (Å²) in [6.07, 6.45) is 14.0. The maximum absolute atomic E-state index is 10.3.